The van der Waals surface area contributed by atoms with Crippen molar-refractivity contribution < 1.29 is 8.42 Å². The Morgan fingerprint density at radius 2 is 2.15 bits per heavy atom. The summed E-state index contributed by atoms with van der Waals surface area (Å²) >= 11 is 1.57. The smallest absolute Gasteiger partial charge is 0.220 e. The molecular weight excluding hydrogens is 298 g/mol. The average molecular weight is 313 g/mol. The standard InChI is InChI=1S/C11H15N5O2S2/c17-20(18,15-4-1-2-5-15)12-7-10-8-16(14-13-10)11-3-6-19-9-11/h3,6,8-9,12H,1-2,4-5,7H2. The van der Waals surface area contributed by atoms with E-state index in [4.69, 9.17) is 0 Å². The van der Waals surface area contributed by atoms with Gasteiger partial charge in [0.15, 0.2) is 0 Å². The number of hydrogen-bond acceptors (Lipinski definition) is 5. The number of aromatic nitrogens is 3. The van der Waals surface area contributed by atoms with E-state index in [1.807, 2.05) is 16.8 Å². The molecule has 0 radical (unpaired) electrons. The lowest BCUT2D eigenvalue weighted by Crippen LogP contribution is -2.38. The first-order valence-corrected chi connectivity index (χ1v) is 8.72. The van der Waals surface area contributed by atoms with Crippen molar-refractivity contribution in [2.24, 2.45) is 0 Å². The van der Waals surface area contributed by atoms with Crippen molar-refractivity contribution in [2.75, 3.05) is 13.1 Å². The Bertz CT molecular complexity index is 659. The summed E-state index contributed by atoms with van der Waals surface area (Å²) in [6, 6.07) is 1.93. The lowest BCUT2D eigenvalue weighted by Gasteiger charge is -2.15. The fraction of sp³-hybridized carbons (Fsp3) is 0.455. The van der Waals surface area contributed by atoms with E-state index in [0.29, 0.717) is 18.8 Å². The predicted octanol–water partition coefficient (Wildman–Crippen LogP) is 0.759. The van der Waals surface area contributed by atoms with Crippen LogP contribution < -0.4 is 4.72 Å². The molecule has 0 amide bonds. The van der Waals surface area contributed by atoms with Crippen LogP contribution in [0, 0.1) is 0 Å². The molecule has 0 aromatic carbocycles. The molecule has 3 heterocycles. The summed E-state index contributed by atoms with van der Waals surface area (Å²) in [6.45, 7) is 1.34. The van der Waals surface area contributed by atoms with Crippen molar-refractivity contribution in [3.8, 4) is 5.69 Å². The Morgan fingerprint density at radius 1 is 1.35 bits per heavy atom. The first kappa shape index (κ1) is 13.7. The molecule has 1 fully saturated rings. The normalized spacial score (nSPS) is 16.8. The van der Waals surface area contributed by atoms with Crippen molar-refractivity contribution in [3.63, 3.8) is 0 Å². The number of nitrogens with zero attached hydrogens (tertiary/aromatic N) is 4. The lowest BCUT2D eigenvalue weighted by atomic mass is 10.4. The Kier molecular flexibility index (Phi) is 3.83. The topological polar surface area (TPSA) is 80.1 Å². The summed E-state index contributed by atoms with van der Waals surface area (Å²) < 4.78 is 29.7. The van der Waals surface area contributed by atoms with Crippen molar-refractivity contribution in [1.29, 1.82) is 0 Å². The van der Waals surface area contributed by atoms with Gasteiger partial charge in [-0.2, -0.15) is 28.8 Å². The first-order valence-electron chi connectivity index (χ1n) is 6.34. The summed E-state index contributed by atoms with van der Waals surface area (Å²) in [6.07, 6.45) is 3.58. The van der Waals surface area contributed by atoms with Crippen molar-refractivity contribution in [3.05, 3.63) is 28.7 Å². The van der Waals surface area contributed by atoms with Crippen LogP contribution in [0.5, 0.6) is 0 Å². The molecule has 20 heavy (non-hydrogen) atoms. The van der Waals surface area contributed by atoms with Crippen LogP contribution in [0.1, 0.15) is 18.5 Å². The molecule has 0 saturated carbocycles. The van der Waals surface area contributed by atoms with Crippen LogP contribution in [-0.2, 0) is 16.8 Å². The lowest BCUT2D eigenvalue weighted by molar-refractivity contribution is 0.464. The van der Waals surface area contributed by atoms with E-state index in [1.54, 1.807) is 22.2 Å². The number of nitrogens with one attached hydrogen (secondary N) is 1. The molecule has 0 unspecified atom stereocenters. The highest BCUT2D eigenvalue weighted by atomic mass is 32.2. The van der Waals surface area contributed by atoms with Gasteiger partial charge in [-0.1, -0.05) is 5.21 Å². The Balaban J connectivity index is 1.64. The zero-order chi connectivity index (χ0) is 14.0. The maximum atomic E-state index is 12.0. The maximum absolute atomic E-state index is 12.0. The summed E-state index contributed by atoms with van der Waals surface area (Å²) in [5.74, 6) is 0. The molecule has 7 nitrogen and oxygen atoms in total. The van der Waals surface area contributed by atoms with E-state index >= 15 is 0 Å². The Morgan fingerprint density at radius 3 is 2.85 bits per heavy atom. The predicted molar refractivity (Wildman–Crippen MR) is 75.8 cm³/mol. The highest BCUT2D eigenvalue weighted by Gasteiger charge is 2.24. The zero-order valence-electron chi connectivity index (χ0n) is 10.8. The van der Waals surface area contributed by atoms with E-state index in [9.17, 15) is 8.42 Å². The number of hydrogen-bond donors (Lipinski definition) is 1. The molecule has 0 spiro atoms. The molecule has 1 aliphatic rings. The van der Waals surface area contributed by atoms with Gasteiger partial charge in [-0.25, -0.2) is 4.68 Å². The van der Waals surface area contributed by atoms with Crippen LogP contribution >= 0.6 is 11.3 Å². The number of rotatable bonds is 5. The fourth-order valence-electron chi connectivity index (χ4n) is 2.08. The van der Waals surface area contributed by atoms with Crippen molar-refractivity contribution in [1.82, 2.24) is 24.0 Å². The summed E-state index contributed by atoms with van der Waals surface area (Å²) in [5, 5.41) is 11.9. The van der Waals surface area contributed by atoms with Gasteiger partial charge in [-0.15, -0.1) is 5.10 Å². The minimum atomic E-state index is -3.39. The Labute approximate surface area is 121 Å². The molecule has 1 N–H and O–H groups in total. The molecule has 2 aromatic rings. The SMILES string of the molecule is O=S(=O)(NCc1cn(-c2ccsc2)nn1)N1CCCC1. The van der Waals surface area contributed by atoms with Gasteiger partial charge in [0.25, 0.3) is 10.2 Å². The highest BCUT2D eigenvalue weighted by molar-refractivity contribution is 7.87. The molecule has 0 bridgehead atoms. The van der Waals surface area contributed by atoms with Gasteiger partial charge in [0.05, 0.1) is 24.1 Å². The maximum Gasteiger partial charge on any atom is 0.279 e. The largest absolute Gasteiger partial charge is 0.279 e. The Hall–Kier alpha value is -1.29. The second-order valence-electron chi connectivity index (χ2n) is 4.57. The van der Waals surface area contributed by atoms with Crippen molar-refractivity contribution in [2.45, 2.75) is 19.4 Å². The minimum absolute atomic E-state index is 0.156. The monoisotopic (exact) mass is 313 g/mol. The van der Waals surface area contributed by atoms with Gasteiger partial charge < -0.3 is 0 Å². The van der Waals surface area contributed by atoms with Crippen molar-refractivity contribution >= 4 is 21.5 Å². The molecule has 1 saturated heterocycles. The molecule has 2 aromatic heterocycles. The van der Waals surface area contributed by atoms with Crippen LogP contribution in [0.2, 0.25) is 0 Å². The second kappa shape index (κ2) is 5.60. The van der Waals surface area contributed by atoms with E-state index in [-0.39, 0.29) is 6.54 Å². The third-order valence-electron chi connectivity index (χ3n) is 3.15. The summed E-state index contributed by atoms with van der Waals surface area (Å²) in [5.41, 5.74) is 1.52. The van der Waals surface area contributed by atoms with Gasteiger partial charge in [0, 0.05) is 18.5 Å². The zero-order valence-corrected chi connectivity index (χ0v) is 12.4. The highest BCUT2D eigenvalue weighted by Crippen LogP contribution is 2.13. The second-order valence-corrected chi connectivity index (χ2v) is 7.10. The molecule has 9 heteroatoms. The van der Waals surface area contributed by atoms with Crippen LogP contribution in [0.3, 0.4) is 0 Å². The van der Waals surface area contributed by atoms with Crippen LogP contribution in [0.15, 0.2) is 23.0 Å². The molecule has 0 aliphatic carbocycles. The third kappa shape index (κ3) is 2.90. The average Bonchev–Trinajstić information content (AvgIpc) is 3.16. The minimum Gasteiger partial charge on any atom is -0.220 e. The van der Waals surface area contributed by atoms with Crippen LogP contribution in [0.25, 0.3) is 5.69 Å². The van der Waals surface area contributed by atoms with E-state index < -0.39 is 10.2 Å². The quantitative estimate of drug-likeness (QED) is 0.884. The van der Waals surface area contributed by atoms with Gasteiger partial charge in [-0.05, 0) is 24.3 Å². The van der Waals surface area contributed by atoms with Gasteiger partial charge in [0.1, 0.15) is 0 Å². The van der Waals surface area contributed by atoms with Crippen LogP contribution in [0.4, 0.5) is 0 Å². The van der Waals surface area contributed by atoms with E-state index in [0.717, 1.165) is 18.5 Å². The summed E-state index contributed by atoms with van der Waals surface area (Å²) in [4.78, 5) is 0. The number of thiophene rings is 1. The molecule has 3 rings (SSSR count). The molecule has 108 valence electrons. The summed E-state index contributed by atoms with van der Waals surface area (Å²) in [7, 11) is -3.39. The molecule has 0 atom stereocenters. The molecular formula is C11H15N5O2S2. The van der Waals surface area contributed by atoms with Crippen LogP contribution in [-0.4, -0.2) is 40.8 Å². The van der Waals surface area contributed by atoms with Gasteiger partial charge in [-0.3, -0.25) is 0 Å². The third-order valence-corrected chi connectivity index (χ3v) is 5.38. The fourth-order valence-corrected chi connectivity index (χ4v) is 3.95. The molecule has 1 aliphatic heterocycles. The first-order chi connectivity index (χ1) is 9.65. The van der Waals surface area contributed by atoms with E-state index in [2.05, 4.69) is 15.0 Å². The van der Waals surface area contributed by atoms with Gasteiger partial charge >= 0.3 is 0 Å². The van der Waals surface area contributed by atoms with E-state index in [1.165, 1.54) is 4.31 Å². The van der Waals surface area contributed by atoms with Gasteiger partial charge in [0.2, 0.25) is 0 Å².